The summed E-state index contributed by atoms with van der Waals surface area (Å²) in [6.07, 6.45) is -0.0488. The van der Waals surface area contributed by atoms with Crippen molar-refractivity contribution in [1.82, 2.24) is 5.32 Å². The van der Waals surface area contributed by atoms with E-state index in [9.17, 15) is 15.0 Å². The molecule has 0 bridgehead atoms. The summed E-state index contributed by atoms with van der Waals surface area (Å²) in [5.74, 6) is -0.502. The second kappa shape index (κ2) is 12.4. The minimum absolute atomic E-state index is 0.0999. The second-order valence-electron chi connectivity index (χ2n) is 12.4. The van der Waals surface area contributed by atoms with E-state index in [1.807, 2.05) is 91.0 Å². The van der Waals surface area contributed by atoms with Crippen LogP contribution < -0.4 is 15.7 Å². The quantitative estimate of drug-likeness (QED) is 0.238. The van der Waals surface area contributed by atoms with Gasteiger partial charge in [0.15, 0.2) is 0 Å². The van der Waals surface area contributed by atoms with Gasteiger partial charge in [-0.2, -0.15) is 0 Å². The van der Waals surface area contributed by atoms with Gasteiger partial charge in [0.2, 0.25) is 0 Å². The van der Waals surface area contributed by atoms with Crippen molar-refractivity contribution < 1.29 is 19.4 Å². The Morgan fingerprint density at radius 3 is 1.93 bits per heavy atom. The lowest BCUT2D eigenvalue weighted by Gasteiger charge is -2.43. The summed E-state index contributed by atoms with van der Waals surface area (Å²) in [7, 11) is -2.85. The molecule has 42 heavy (non-hydrogen) atoms. The van der Waals surface area contributed by atoms with E-state index in [0.717, 1.165) is 27.1 Å². The van der Waals surface area contributed by atoms with Crippen molar-refractivity contribution in [2.24, 2.45) is 0 Å². The molecule has 0 aliphatic heterocycles. The molecule has 5 nitrogen and oxygen atoms in total. The number of benzene rings is 4. The van der Waals surface area contributed by atoms with Crippen LogP contribution in [0.5, 0.6) is 0 Å². The molecule has 0 radical (unpaired) electrons. The Bertz CT molecular complexity index is 1430. The lowest BCUT2D eigenvalue weighted by atomic mass is 9.90. The van der Waals surface area contributed by atoms with Crippen LogP contribution in [0, 0.1) is 0 Å². The van der Waals surface area contributed by atoms with Crippen LogP contribution in [0.4, 0.5) is 0 Å². The molecule has 0 spiro atoms. The molecule has 3 atom stereocenters. The molecule has 1 unspecified atom stereocenters. The van der Waals surface area contributed by atoms with Gasteiger partial charge in [-0.05, 0) is 32.1 Å². The number of fused-ring (bicyclic) bond motifs is 1. The third-order valence-corrected chi connectivity index (χ3v) is 13.5. The molecular weight excluding hydrogens is 538 g/mol. The van der Waals surface area contributed by atoms with E-state index in [2.05, 4.69) is 50.4 Å². The van der Waals surface area contributed by atoms with Gasteiger partial charge in [-0.3, -0.25) is 4.79 Å². The summed E-state index contributed by atoms with van der Waals surface area (Å²) in [4.78, 5) is 14.0. The molecule has 0 fully saturated rings. The van der Waals surface area contributed by atoms with Crippen LogP contribution in [0.2, 0.25) is 5.04 Å². The van der Waals surface area contributed by atoms with E-state index < -0.39 is 32.0 Å². The van der Waals surface area contributed by atoms with Gasteiger partial charge in [-0.15, -0.1) is 0 Å². The number of hydrogen-bond donors (Lipinski definition) is 3. The minimum Gasteiger partial charge on any atom is -0.407 e. The number of carbonyl (C=O) groups excluding carboxylic acids is 1. The SMILES string of the molecule is CC(C)(C)[Si](OCCC(O)(Cc1ccccc1)C(=O)N[C@H]1c2ccccc2C[C@H]1O)(c1ccccc1)c1ccccc1. The largest absolute Gasteiger partial charge is 0.407 e. The van der Waals surface area contributed by atoms with Crippen molar-refractivity contribution in [1.29, 1.82) is 0 Å². The molecule has 0 aromatic heterocycles. The van der Waals surface area contributed by atoms with Crippen molar-refractivity contribution in [2.45, 2.75) is 62.8 Å². The van der Waals surface area contributed by atoms with Gasteiger partial charge in [0.1, 0.15) is 5.60 Å². The number of hydrogen-bond acceptors (Lipinski definition) is 4. The van der Waals surface area contributed by atoms with Gasteiger partial charge in [-0.25, -0.2) is 0 Å². The Morgan fingerprint density at radius 2 is 1.36 bits per heavy atom. The van der Waals surface area contributed by atoms with Gasteiger partial charge in [0.25, 0.3) is 14.2 Å². The summed E-state index contributed by atoms with van der Waals surface area (Å²) in [6, 6.07) is 37.4. The Labute approximate surface area is 250 Å². The van der Waals surface area contributed by atoms with Gasteiger partial charge in [-0.1, -0.05) is 136 Å². The standard InChI is InChI=1S/C36H41NO4Si/c1-35(2,3)42(29-18-9-5-10-19-29,30-20-11-6-12-21-30)41-24-23-36(40,26-27-15-7-4-8-16-27)34(39)37-33-31-22-14-13-17-28(31)25-32(33)38/h4-22,32-33,38,40H,23-26H2,1-3H3,(H,37,39)/t32-,33+,36?/m1/s1. The predicted octanol–water partition coefficient (Wildman–Crippen LogP) is 4.70. The predicted molar refractivity (Wildman–Crippen MR) is 170 cm³/mol. The lowest BCUT2D eigenvalue weighted by Crippen LogP contribution is -2.67. The lowest BCUT2D eigenvalue weighted by molar-refractivity contribution is -0.142. The Balaban J connectivity index is 1.45. The highest BCUT2D eigenvalue weighted by Gasteiger charge is 2.51. The molecule has 4 aromatic carbocycles. The van der Waals surface area contributed by atoms with Crippen LogP contribution >= 0.6 is 0 Å². The van der Waals surface area contributed by atoms with Crippen LogP contribution in [-0.4, -0.2) is 42.7 Å². The third kappa shape index (κ3) is 5.99. The monoisotopic (exact) mass is 579 g/mol. The van der Waals surface area contributed by atoms with Crippen LogP contribution in [0.25, 0.3) is 0 Å². The maximum Gasteiger partial charge on any atom is 0.261 e. The zero-order chi connectivity index (χ0) is 29.8. The number of nitrogens with one attached hydrogen (secondary N) is 1. The fourth-order valence-corrected chi connectivity index (χ4v) is 10.9. The molecular formula is C36H41NO4Si. The minimum atomic E-state index is -2.85. The number of rotatable bonds is 10. The summed E-state index contributed by atoms with van der Waals surface area (Å²) in [5.41, 5.74) is 1.01. The third-order valence-electron chi connectivity index (χ3n) is 8.50. The highest BCUT2D eigenvalue weighted by molar-refractivity contribution is 6.99. The fourth-order valence-electron chi connectivity index (χ4n) is 6.37. The first kappa shape index (κ1) is 29.9. The number of aliphatic hydroxyl groups is 2. The number of aliphatic hydroxyl groups excluding tert-OH is 1. The van der Waals surface area contributed by atoms with Crippen molar-refractivity contribution in [3.63, 3.8) is 0 Å². The highest BCUT2D eigenvalue weighted by atomic mass is 28.4. The topological polar surface area (TPSA) is 78.8 Å². The molecule has 0 saturated carbocycles. The van der Waals surface area contributed by atoms with Crippen molar-refractivity contribution in [3.8, 4) is 0 Å². The maximum atomic E-state index is 14.0. The van der Waals surface area contributed by atoms with Crippen molar-refractivity contribution in [2.75, 3.05) is 6.61 Å². The molecule has 1 aliphatic rings. The molecule has 5 rings (SSSR count). The van der Waals surface area contributed by atoms with E-state index in [1.54, 1.807) is 0 Å². The van der Waals surface area contributed by atoms with Gasteiger partial charge in [0, 0.05) is 25.9 Å². The van der Waals surface area contributed by atoms with E-state index in [0.29, 0.717) is 6.42 Å². The molecule has 3 N–H and O–H groups in total. The Kier molecular flexibility index (Phi) is 8.80. The normalized spacial score (nSPS) is 18.2. The van der Waals surface area contributed by atoms with Crippen LogP contribution in [0.1, 0.15) is 49.9 Å². The Morgan fingerprint density at radius 1 is 0.833 bits per heavy atom. The summed E-state index contributed by atoms with van der Waals surface area (Å²) in [6.45, 7) is 6.82. The van der Waals surface area contributed by atoms with Gasteiger partial charge in [0.05, 0.1) is 12.1 Å². The summed E-state index contributed by atoms with van der Waals surface area (Å²) < 4.78 is 7.05. The highest BCUT2D eigenvalue weighted by Crippen LogP contribution is 2.37. The summed E-state index contributed by atoms with van der Waals surface area (Å²) in [5, 5.41) is 28.0. The molecule has 0 heterocycles. The van der Waals surface area contributed by atoms with Crippen LogP contribution in [0.3, 0.4) is 0 Å². The molecule has 218 valence electrons. The average molecular weight is 580 g/mol. The first-order valence-electron chi connectivity index (χ1n) is 14.7. The Hall–Kier alpha value is -3.55. The van der Waals surface area contributed by atoms with E-state index >= 15 is 0 Å². The van der Waals surface area contributed by atoms with E-state index in [1.165, 1.54) is 0 Å². The zero-order valence-electron chi connectivity index (χ0n) is 24.7. The van der Waals surface area contributed by atoms with Crippen LogP contribution in [-0.2, 0) is 22.1 Å². The molecule has 1 aliphatic carbocycles. The number of amides is 1. The first-order valence-corrected chi connectivity index (χ1v) is 16.6. The first-order chi connectivity index (χ1) is 20.1. The van der Waals surface area contributed by atoms with Crippen molar-refractivity contribution >= 4 is 24.6 Å². The maximum absolute atomic E-state index is 14.0. The summed E-state index contributed by atoms with van der Waals surface area (Å²) >= 11 is 0. The van der Waals surface area contributed by atoms with Crippen molar-refractivity contribution in [3.05, 3.63) is 132 Å². The molecule has 0 saturated heterocycles. The van der Waals surface area contributed by atoms with E-state index in [-0.39, 0.29) is 24.5 Å². The second-order valence-corrected chi connectivity index (χ2v) is 16.7. The van der Waals surface area contributed by atoms with Gasteiger partial charge >= 0.3 is 0 Å². The van der Waals surface area contributed by atoms with Gasteiger partial charge < -0.3 is 20.0 Å². The average Bonchev–Trinajstić information content (AvgIpc) is 3.30. The zero-order valence-corrected chi connectivity index (χ0v) is 25.7. The molecule has 1 amide bonds. The van der Waals surface area contributed by atoms with E-state index in [4.69, 9.17) is 4.43 Å². The smallest absolute Gasteiger partial charge is 0.261 e. The molecule has 6 heteroatoms. The molecule has 4 aromatic rings. The number of carbonyl (C=O) groups is 1. The van der Waals surface area contributed by atoms with Crippen LogP contribution in [0.15, 0.2) is 115 Å². The fraction of sp³-hybridized carbons (Fsp3) is 0.306.